The van der Waals surface area contributed by atoms with Crippen LogP contribution in [-0.2, 0) is 0 Å². The van der Waals surface area contributed by atoms with E-state index in [0.29, 0.717) is 5.69 Å². The van der Waals surface area contributed by atoms with Crippen molar-refractivity contribution in [2.45, 2.75) is 0 Å². The number of amides is 2. The number of aromatic hydroxyl groups is 1. The second kappa shape index (κ2) is 3.63. The summed E-state index contributed by atoms with van der Waals surface area (Å²) in [6.45, 7) is 0. The van der Waals surface area contributed by atoms with E-state index < -0.39 is 11.8 Å². The number of aromatic nitrogens is 2. The van der Waals surface area contributed by atoms with Crippen LogP contribution in [0.5, 0.6) is 5.75 Å². The lowest BCUT2D eigenvalue weighted by Gasteiger charge is -2.12. The number of carbonyl (C=O) groups excluding carboxylic acids is 2. The van der Waals surface area contributed by atoms with Gasteiger partial charge in [0.2, 0.25) is 0 Å². The summed E-state index contributed by atoms with van der Waals surface area (Å²) in [7, 11) is 0. The lowest BCUT2D eigenvalue weighted by Crippen LogP contribution is -2.29. The van der Waals surface area contributed by atoms with E-state index >= 15 is 0 Å². The van der Waals surface area contributed by atoms with E-state index in [0.717, 1.165) is 4.90 Å². The van der Waals surface area contributed by atoms with E-state index in [1.807, 2.05) is 0 Å². The smallest absolute Gasteiger partial charge is 0.286 e. The number of phenolic OH excluding ortho intramolecular Hbond substituents is 1. The molecule has 18 heavy (non-hydrogen) atoms. The zero-order chi connectivity index (χ0) is 12.7. The highest BCUT2D eigenvalue weighted by molar-refractivity contribution is 6.33. The number of hydrogen-bond acceptors (Lipinski definition) is 5. The van der Waals surface area contributed by atoms with Gasteiger partial charge in [0.05, 0.1) is 5.69 Å². The molecule has 1 N–H and O–H groups in total. The average molecular weight is 241 g/mol. The summed E-state index contributed by atoms with van der Waals surface area (Å²) in [5.41, 5.74) is 0.362. The lowest BCUT2D eigenvalue weighted by molar-refractivity contribution is 0.0923. The van der Waals surface area contributed by atoms with Gasteiger partial charge in [0.15, 0.2) is 11.4 Å². The molecule has 0 radical (unpaired) electrons. The summed E-state index contributed by atoms with van der Waals surface area (Å²) >= 11 is 0. The molecule has 0 atom stereocenters. The molecule has 1 aliphatic heterocycles. The fourth-order valence-corrected chi connectivity index (χ4v) is 1.82. The maximum atomic E-state index is 12.0. The SMILES string of the molecule is O=C1c2nccnc2C(=O)N1c1cccc(O)c1. The first kappa shape index (κ1) is 10.4. The van der Waals surface area contributed by atoms with Crippen molar-refractivity contribution in [3.8, 4) is 5.75 Å². The zero-order valence-corrected chi connectivity index (χ0v) is 9.07. The van der Waals surface area contributed by atoms with Gasteiger partial charge >= 0.3 is 0 Å². The molecule has 6 heteroatoms. The molecule has 3 rings (SSSR count). The van der Waals surface area contributed by atoms with E-state index in [9.17, 15) is 14.7 Å². The predicted molar refractivity (Wildman–Crippen MR) is 61.3 cm³/mol. The second-order valence-corrected chi connectivity index (χ2v) is 3.72. The number of hydrogen-bond donors (Lipinski definition) is 1. The Hall–Kier alpha value is -2.76. The summed E-state index contributed by atoms with van der Waals surface area (Å²) in [6, 6.07) is 5.90. The average Bonchev–Trinajstić information content (AvgIpc) is 2.63. The quantitative estimate of drug-likeness (QED) is 0.752. The first-order valence-electron chi connectivity index (χ1n) is 5.17. The monoisotopic (exact) mass is 241 g/mol. The van der Waals surface area contributed by atoms with Gasteiger partial charge in [-0.25, -0.2) is 14.9 Å². The maximum absolute atomic E-state index is 12.0. The minimum absolute atomic E-state index is 0.0232. The van der Waals surface area contributed by atoms with Crippen molar-refractivity contribution in [3.63, 3.8) is 0 Å². The fourth-order valence-electron chi connectivity index (χ4n) is 1.82. The van der Waals surface area contributed by atoms with Crippen LogP contribution in [0, 0.1) is 0 Å². The Balaban J connectivity index is 2.12. The van der Waals surface area contributed by atoms with Gasteiger partial charge in [-0.2, -0.15) is 0 Å². The van der Waals surface area contributed by atoms with Gasteiger partial charge in [-0.1, -0.05) is 6.07 Å². The van der Waals surface area contributed by atoms with Crippen molar-refractivity contribution in [1.82, 2.24) is 9.97 Å². The maximum Gasteiger partial charge on any atom is 0.286 e. The Morgan fingerprint density at radius 3 is 2.17 bits per heavy atom. The van der Waals surface area contributed by atoms with E-state index in [2.05, 4.69) is 9.97 Å². The third kappa shape index (κ3) is 1.36. The number of carbonyl (C=O) groups is 2. The van der Waals surface area contributed by atoms with Crippen LogP contribution < -0.4 is 4.90 Å². The molecular weight excluding hydrogens is 234 g/mol. The van der Waals surface area contributed by atoms with E-state index in [4.69, 9.17) is 0 Å². The van der Waals surface area contributed by atoms with Crippen molar-refractivity contribution in [2.24, 2.45) is 0 Å². The van der Waals surface area contributed by atoms with Crippen molar-refractivity contribution >= 4 is 17.5 Å². The highest BCUT2D eigenvalue weighted by Gasteiger charge is 2.39. The van der Waals surface area contributed by atoms with Gasteiger partial charge < -0.3 is 5.11 Å². The van der Waals surface area contributed by atoms with Gasteiger partial charge in [0.1, 0.15) is 5.75 Å². The second-order valence-electron chi connectivity index (χ2n) is 3.72. The molecule has 1 aromatic heterocycles. The summed E-state index contributed by atoms with van der Waals surface area (Å²) in [5, 5.41) is 9.38. The summed E-state index contributed by atoms with van der Waals surface area (Å²) in [5.74, 6) is -1.09. The van der Waals surface area contributed by atoms with Crippen LogP contribution in [0.2, 0.25) is 0 Å². The lowest BCUT2D eigenvalue weighted by atomic mass is 10.3. The number of phenols is 1. The number of fused-ring (bicyclic) bond motifs is 1. The minimum Gasteiger partial charge on any atom is -0.508 e. The Morgan fingerprint density at radius 2 is 1.61 bits per heavy atom. The Labute approximate surface area is 102 Å². The van der Waals surface area contributed by atoms with E-state index in [1.54, 1.807) is 12.1 Å². The normalized spacial score (nSPS) is 13.9. The zero-order valence-electron chi connectivity index (χ0n) is 9.07. The molecule has 0 fully saturated rings. The Bertz CT molecular complexity index is 634. The molecule has 1 aliphatic rings. The van der Waals surface area contributed by atoms with Crippen molar-refractivity contribution < 1.29 is 14.7 Å². The van der Waals surface area contributed by atoms with Crippen LogP contribution in [0.1, 0.15) is 21.0 Å². The van der Waals surface area contributed by atoms with Crippen LogP contribution in [0.4, 0.5) is 5.69 Å². The number of nitrogens with zero attached hydrogens (tertiary/aromatic N) is 3. The highest BCUT2D eigenvalue weighted by Crippen LogP contribution is 2.27. The molecule has 6 nitrogen and oxygen atoms in total. The van der Waals surface area contributed by atoms with Crippen molar-refractivity contribution in [1.29, 1.82) is 0 Å². The molecule has 0 bridgehead atoms. The topological polar surface area (TPSA) is 83.4 Å². The van der Waals surface area contributed by atoms with Gasteiger partial charge in [0.25, 0.3) is 11.8 Å². The van der Waals surface area contributed by atoms with Crippen LogP contribution in [0.3, 0.4) is 0 Å². The van der Waals surface area contributed by atoms with Crippen LogP contribution in [0.15, 0.2) is 36.7 Å². The highest BCUT2D eigenvalue weighted by atomic mass is 16.3. The Morgan fingerprint density at radius 1 is 1.00 bits per heavy atom. The first-order valence-corrected chi connectivity index (χ1v) is 5.17. The molecule has 2 amide bonds. The summed E-state index contributed by atoms with van der Waals surface area (Å²) < 4.78 is 0. The molecule has 2 aromatic rings. The molecule has 0 spiro atoms. The van der Waals surface area contributed by atoms with Crippen LogP contribution in [0.25, 0.3) is 0 Å². The number of imide groups is 1. The van der Waals surface area contributed by atoms with E-state index in [-0.39, 0.29) is 17.1 Å². The van der Waals surface area contributed by atoms with Gasteiger partial charge in [0, 0.05) is 18.5 Å². The molecule has 0 aliphatic carbocycles. The largest absolute Gasteiger partial charge is 0.508 e. The predicted octanol–water partition coefficient (Wildman–Crippen LogP) is 0.983. The van der Waals surface area contributed by atoms with Gasteiger partial charge in [-0.05, 0) is 12.1 Å². The minimum atomic E-state index is -0.534. The van der Waals surface area contributed by atoms with Gasteiger partial charge in [-0.3, -0.25) is 9.59 Å². The fraction of sp³-hybridized carbons (Fsp3) is 0. The molecule has 0 unspecified atom stereocenters. The first-order chi connectivity index (χ1) is 8.68. The molecule has 0 saturated heterocycles. The van der Waals surface area contributed by atoms with E-state index in [1.165, 1.54) is 24.5 Å². The third-order valence-corrected chi connectivity index (χ3v) is 2.60. The molecule has 88 valence electrons. The Kier molecular flexibility index (Phi) is 2.09. The summed E-state index contributed by atoms with van der Waals surface area (Å²) in [6.07, 6.45) is 2.71. The third-order valence-electron chi connectivity index (χ3n) is 2.60. The molecular formula is C12H7N3O3. The van der Waals surface area contributed by atoms with Gasteiger partial charge in [-0.15, -0.1) is 0 Å². The molecule has 1 aromatic carbocycles. The summed E-state index contributed by atoms with van der Waals surface area (Å²) in [4.78, 5) is 32.7. The standard InChI is InChI=1S/C12H7N3O3/c16-8-3-1-2-7(6-8)15-11(17)9-10(12(15)18)14-5-4-13-9/h1-6,16H. The number of benzene rings is 1. The number of anilines is 1. The number of rotatable bonds is 1. The van der Waals surface area contributed by atoms with Crippen LogP contribution in [-0.4, -0.2) is 26.9 Å². The van der Waals surface area contributed by atoms with Crippen LogP contribution >= 0.6 is 0 Å². The van der Waals surface area contributed by atoms with Crippen molar-refractivity contribution in [3.05, 3.63) is 48.0 Å². The van der Waals surface area contributed by atoms with Crippen molar-refractivity contribution in [2.75, 3.05) is 4.90 Å². The molecule has 2 heterocycles. The molecule has 0 saturated carbocycles.